The minimum Gasteiger partial charge on any atom is -0.497 e. The van der Waals surface area contributed by atoms with Gasteiger partial charge in [-0.1, -0.05) is 0 Å². The van der Waals surface area contributed by atoms with Gasteiger partial charge in [0.05, 0.1) is 48.6 Å². The third-order valence-electron chi connectivity index (χ3n) is 9.98. The van der Waals surface area contributed by atoms with Gasteiger partial charge in [0.25, 0.3) is 15.9 Å². The van der Waals surface area contributed by atoms with Crippen molar-refractivity contribution in [3.8, 4) is 17.7 Å². The standard InChI is InChI=1S/C35H38FN7O7S/c1-3-50-31-27(5-4-10-38-31)35(39-33(45)42-22-34(23-42)20-41(21-34)12-11-40-13-15-49-16-14-40)28-17-24(19-37)29(36)18-30(28)43(32(35)44)51(46,47)26-8-6-25(48-2)7-9-26/h4-10,17-18H,3,11-16,20-23H2,1-2H3,(H,39,45)/t35-/m1/s1. The van der Waals surface area contributed by atoms with Crippen LogP contribution in [0.15, 0.2) is 59.6 Å². The molecule has 1 N–H and O–H groups in total. The molecule has 4 aliphatic heterocycles. The smallest absolute Gasteiger partial charge is 0.318 e. The van der Waals surface area contributed by atoms with Crippen molar-refractivity contribution in [2.45, 2.75) is 17.4 Å². The van der Waals surface area contributed by atoms with Crippen LogP contribution in [0.2, 0.25) is 0 Å². The molecule has 0 saturated carbocycles. The van der Waals surface area contributed by atoms with Crippen molar-refractivity contribution < 1.29 is 36.6 Å². The van der Waals surface area contributed by atoms with Gasteiger partial charge in [-0.25, -0.2) is 22.6 Å². The van der Waals surface area contributed by atoms with Crippen molar-refractivity contribution >= 4 is 27.6 Å². The van der Waals surface area contributed by atoms with E-state index >= 15 is 4.39 Å². The summed E-state index contributed by atoms with van der Waals surface area (Å²) < 4.78 is 60.8. The third-order valence-corrected chi connectivity index (χ3v) is 11.7. The van der Waals surface area contributed by atoms with E-state index in [1.54, 1.807) is 17.9 Å². The first-order chi connectivity index (χ1) is 24.5. The van der Waals surface area contributed by atoms with Gasteiger partial charge < -0.3 is 29.3 Å². The summed E-state index contributed by atoms with van der Waals surface area (Å²) in [6.45, 7) is 9.52. The number of urea groups is 1. The van der Waals surface area contributed by atoms with Gasteiger partial charge in [-0.3, -0.25) is 9.69 Å². The Balaban J connectivity index is 1.23. The van der Waals surface area contributed by atoms with Crippen LogP contribution in [0.25, 0.3) is 0 Å². The first-order valence-electron chi connectivity index (χ1n) is 16.7. The molecular weight excluding hydrogens is 681 g/mol. The van der Waals surface area contributed by atoms with Gasteiger partial charge in [-0.15, -0.1) is 0 Å². The van der Waals surface area contributed by atoms with Crippen LogP contribution in [0.5, 0.6) is 11.6 Å². The molecule has 268 valence electrons. The van der Waals surface area contributed by atoms with Gasteiger partial charge in [0.1, 0.15) is 17.6 Å². The maximum atomic E-state index is 15.4. The fourth-order valence-corrected chi connectivity index (χ4v) is 8.93. The molecular formula is C35H38FN7O7S. The topological polar surface area (TPSA) is 158 Å². The number of carbonyl (C=O) groups excluding carboxylic acids is 2. The summed E-state index contributed by atoms with van der Waals surface area (Å²) in [5, 5.41) is 12.7. The monoisotopic (exact) mass is 719 g/mol. The first kappa shape index (κ1) is 34.6. The molecule has 0 radical (unpaired) electrons. The lowest BCUT2D eigenvalue weighted by Crippen LogP contribution is -2.74. The van der Waals surface area contributed by atoms with Crippen molar-refractivity contribution in [1.82, 2.24) is 25.0 Å². The largest absolute Gasteiger partial charge is 0.497 e. The van der Waals surface area contributed by atoms with Crippen molar-refractivity contribution in [2.24, 2.45) is 5.41 Å². The van der Waals surface area contributed by atoms with Gasteiger partial charge in [-0.05, 0) is 49.4 Å². The molecule has 0 bridgehead atoms. The molecule has 5 heterocycles. The Morgan fingerprint density at radius 3 is 2.43 bits per heavy atom. The van der Waals surface area contributed by atoms with E-state index in [0.29, 0.717) is 23.1 Å². The average Bonchev–Trinajstić information content (AvgIpc) is 3.34. The predicted octanol–water partition coefficient (Wildman–Crippen LogP) is 2.14. The molecule has 0 aliphatic carbocycles. The molecule has 51 heavy (non-hydrogen) atoms. The van der Waals surface area contributed by atoms with E-state index in [4.69, 9.17) is 14.2 Å². The summed E-state index contributed by atoms with van der Waals surface area (Å²) >= 11 is 0. The Bertz CT molecular complexity index is 1990. The fourth-order valence-electron chi connectivity index (χ4n) is 7.48. The Kier molecular flexibility index (Phi) is 9.08. The highest BCUT2D eigenvalue weighted by Gasteiger charge is 2.61. The molecule has 2 aromatic carbocycles. The van der Waals surface area contributed by atoms with Crippen molar-refractivity contribution in [2.75, 3.05) is 83.6 Å². The molecule has 3 saturated heterocycles. The zero-order valence-corrected chi connectivity index (χ0v) is 29.1. The molecule has 3 amide bonds. The highest BCUT2D eigenvalue weighted by molar-refractivity contribution is 7.93. The number of amides is 3. The number of morpholine rings is 1. The molecule has 7 rings (SSSR count). The van der Waals surface area contributed by atoms with Crippen molar-refractivity contribution in [3.63, 3.8) is 0 Å². The molecule has 4 aliphatic rings. The molecule has 3 fully saturated rings. The van der Waals surface area contributed by atoms with E-state index in [9.17, 15) is 23.3 Å². The van der Waals surface area contributed by atoms with Crippen LogP contribution in [-0.2, 0) is 25.1 Å². The second-order valence-corrected chi connectivity index (χ2v) is 15.0. The first-order valence-corrected chi connectivity index (χ1v) is 18.1. The number of aromatic nitrogens is 1. The minimum absolute atomic E-state index is 0.0301. The summed E-state index contributed by atoms with van der Waals surface area (Å²) in [6.07, 6.45) is 1.43. The lowest BCUT2D eigenvalue weighted by atomic mass is 9.73. The number of nitrogens with zero attached hydrogens (tertiary/aromatic N) is 6. The Labute approximate surface area is 295 Å². The van der Waals surface area contributed by atoms with Crippen LogP contribution < -0.4 is 19.1 Å². The number of anilines is 1. The summed E-state index contributed by atoms with van der Waals surface area (Å²) in [5.74, 6) is -1.81. The molecule has 1 aromatic heterocycles. The minimum atomic E-state index is -4.71. The van der Waals surface area contributed by atoms with E-state index < -0.39 is 38.9 Å². The summed E-state index contributed by atoms with van der Waals surface area (Å²) in [7, 11) is -3.29. The van der Waals surface area contributed by atoms with Crippen LogP contribution in [0.4, 0.5) is 14.9 Å². The van der Waals surface area contributed by atoms with E-state index in [1.165, 1.54) is 49.7 Å². The van der Waals surface area contributed by atoms with Crippen LogP contribution in [0, 0.1) is 22.6 Å². The third kappa shape index (κ3) is 5.93. The van der Waals surface area contributed by atoms with E-state index in [2.05, 4.69) is 20.1 Å². The van der Waals surface area contributed by atoms with E-state index in [0.717, 1.165) is 64.6 Å². The maximum Gasteiger partial charge on any atom is 0.318 e. The number of ether oxygens (including phenoxy) is 3. The molecule has 1 spiro atoms. The second kappa shape index (κ2) is 13.4. The SMILES string of the molecule is CCOc1ncccc1[C@]1(NC(=O)N2CC3(CN(CCN4CCOCC4)C3)C2)C(=O)N(S(=O)(=O)c2ccc(OC)cc2)c2cc(F)c(C#N)cc21. The highest BCUT2D eigenvalue weighted by Crippen LogP contribution is 2.50. The molecule has 14 nitrogen and oxygen atoms in total. The average molecular weight is 720 g/mol. The number of pyridine rings is 1. The zero-order chi connectivity index (χ0) is 36.0. The number of hydrogen-bond acceptors (Lipinski definition) is 11. The normalized spacial score (nSPS) is 21.4. The number of likely N-dealkylation sites (tertiary alicyclic amines) is 2. The number of halogens is 1. The summed E-state index contributed by atoms with van der Waals surface area (Å²) in [5.41, 5.74) is -3.23. The number of fused-ring (bicyclic) bond motifs is 1. The molecule has 1 atom stereocenters. The number of benzene rings is 2. The predicted molar refractivity (Wildman–Crippen MR) is 181 cm³/mol. The van der Waals surface area contributed by atoms with Crippen molar-refractivity contribution in [1.29, 1.82) is 5.26 Å². The molecule has 3 aromatic rings. The summed E-state index contributed by atoms with van der Waals surface area (Å²) in [4.78, 5) is 39.5. The zero-order valence-electron chi connectivity index (χ0n) is 28.3. The molecule has 0 unspecified atom stereocenters. The van der Waals surface area contributed by atoms with Gasteiger partial charge in [0, 0.05) is 75.6 Å². The number of hydrogen-bond donors (Lipinski definition) is 1. The van der Waals surface area contributed by atoms with Crippen LogP contribution in [0.3, 0.4) is 0 Å². The lowest BCUT2D eigenvalue weighted by Gasteiger charge is -2.60. The second-order valence-electron chi connectivity index (χ2n) is 13.2. The highest BCUT2D eigenvalue weighted by atomic mass is 32.2. The van der Waals surface area contributed by atoms with Gasteiger partial charge in [0.15, 0.2) is 5.54 Å². The van der Waals surface area contributed by atoms with E-state index in [-0.39, 0.29) is 39.6 Å². The number of nitrogens with one attached hydrogen (secondary N) is 1. The number of methoxy groups -OCH3 is 1. The Hall–Kier alpha value is -4.82. The van der Waals surface area contributed by atoms with Gasteiger partial charge in [0.2, 0.25) is 5.88 Å². The van der Waals surface area contributed by atoms with Crippen LogP contribution in [-0.4, -0.2) is 119 Å². The van der Waals surface area contributed by atoms with Gasteiger partial charge >= 0.3 is 6.03 Å². The maximum absolute atomic E-state index is 15.4. The Morgan fingerprint density at radius 1 is 1.06 bits per heavy atom. The number of carbonyl (C=O) groups is 2. The van der Waals surface area contributed by atoms with E-state index in [1.807, 2.05) is 0 Å². The van der Waals surface area contributed by atoms with Crippen LogP contribution >= 0.6 is 0 Å². The number of nitriles is 1. The number of rotatable bonds is 10. The van der Waals surface area contributed by atoms with Crippen LogP contribution in [0.1, 0.15) is 23.6 Å². The Morgan fingerprint density at radius 2 is 1.76 bits per heavy atom. The quantitative estimate of drug-likeness (QED) is 0.328. The lowest BCUT2D eigenvalue weighted by molar-refractivity contribution is -0.122. The van der Waals surface area contributed by atoms with Crippen molar-refractivity contribution in [3.05, 3.63) is 77.2 Å². The fraction of sp³-hybridized carbons (Fsp3) is 0.429. The summed E-state index contributed by atoms with van der Waals surface area (Å²) in [6, 6.07) is 11.4. The van der Waals surface area contributed by atoms with Gasteiger partial charge in [-0.2, -0.15) is 9.57 Å². The molecule has 16 heteroatoms. The number of sulfonamides is 1.